The van der Waals surface area contributed by atoms with Gasteiger partial charge in [-0.15, -0.1) is 0 Å². The van der Waals surface area contributed by atoms with Crippen LogP contribution >= 0.6 is 0 Å². The van der Waals surface area contributed by atoms with Crippen molar-refractivity contribution in [3.8, 4) is 5.75 Å². The summed E-state index contributed by atoms with van der Waals surface area (Å²) in [4.78, 5) is 27.3. The molecule has 0 saturated heterocycles. The van der Waals surface area contributed by atoms with Gasteiger partial charge in [-0.25, -0.2) is 8.78 Å². The summed E-state index contributed by atoms with van der Waals surface area (Å²) in [6.07, 6.45) is 2.93. The monoisotopic (exact) mass is 544 g/mol. The van der Waals surface area contributed by atoms with Gasteiger partial charge in [0.1, 0.15) is 24.9 Å². The van der Waals surface area contributed by atoms with E-state index in [2.05, 4.69) is 0 Å². The van der Waals surface area contributed by atoms with Gasteiger partial charge in [0.2, 0.25) is 0 Å². The van der Waals surface area contributed by atoms with Gasteiger partial charge in [0, 0.05) is 0 Å². The standard InChI is InChI=1S/C25H29B3F2O7S/c26-8-15-2-18(9-27)20(19(3-15)10-28)36-21(31)23-4-16-1-17(5-23)7-24(6-16,11-23)22(32)37-25(12-29,13-30)14-38(33,34)35/h2-3,16-17H,1,4-14H2,(H,33,34,35). The number of hydrogen-bond acceptors (Lipinski definition) is 6. The highest BCUT2D eigenvalue weighted by atomic mass is 32.2. The minimum Gasteiger partial charge on any atom is -0.452 e. The fourth-order valence-electron chi connectivity index (χ4n) is 7.15. The second-order valence-electron chi connectivity index (χ2n) is 11.3. The number of halogens is 2. The first kappa shape index (κ1) is 29.1. The van der Waals surface area contributed by atoms with Crippen molar-refractivity contribution in [1.29, 1.82) is 0 Å². The summed E-state index contributed by atoms with van der Waals surface area (Å²) in [6.45, 7) is -3.26. The minimum atomic E-state index is -4.85. The van der Waals surface area contributed by atoms with Crippen molar-refractivity contribution in [2.45, 2.75) is 63.1 Å². The van der Waals surface area contributed by atoms with Crippen LogP contribution in [0.1, 0.15) is 55.2 Å². The van der Waals surface area contributed by atoms with Crippen molar-refractivity contribution >= 4 is 45.6 Å². The molecule has 1 aromatic carbocycles. The topological polar surface area (TPSA) is 107 Å². The van der Waals surface area contributed by atoms with E-state index in [9.17, 15) is 31.3 Å². The van der Waals surface area contributed by atoms with Crippen molar-refractivity contribution in [2.24, 2.45) is 22.7 Å². The molecule has 0 aliphatic heterocycles. The molecule has 4 aliphatic rings. The average molecular weight is 544 g/mol. The lowest BCUT2D eigenvalue weighted by atomic mass is 9.44. The fourth-order valence-corrected chi connectivity index (χ4v) is 8.03. The first-order valence-electron chi connectivity index (χ1n) is 12.6. The third kappa shape index (κ3) is 5.42. The zero-order valence-electron chi connectivity index (χ0n) is 21.1. The Hall–Kier alpha value is -1.88. The molecule has 38 heavy (non-hydrogen) atoms. The van der Waals surface area contributed by atoms with Gasteiger partial charge in [-0.1, -0.05) is 36.7 Å². The van der Waals surface area contributed by atoms with E-state index in [0.29, 0.717) is 36.8 Å². The second kappa shape index (κ2) is 10.6. The van der Waals surface area contributed by atoms with E-state index in [4.69, 9.17) is 33.0 Å². The molecule has 4 saturated carbocycles. The quantitative estimate of drug-likeness (QED) is 0.197. The summed E-state index contributed by atoms with van der Waals surface area (Å²) in [5.41, 5.74) is -2.99. The summed E-state index contributed by atoms with van der Waals surface area (Å²) in [7, 11) is 12.7. The first-order chi connectivity index (χ1) is 17.9. The predicted octanol–water partition coefficient (Wildman–Crippen LogP) is 2.29. The van der Waals surface area contributed by atoms with Crippen molar-refractivity contribution in [3.63, 3.8) is 0 Å². The van der Waals surface area contributed by atoms with Crippen LogP contribution < -0.4 is 4.74 Å². The van der Waals surface area contributed by atoms with Crippen LogP contribution in [0.2, 0.25) is 0 Å². The molecule has 5 rings (SSSR count). The maximum absolute atomic E-state index is 13.8. The molecule has 200 valence electrons. The van der Waals surface area contributed by atoms with Gasteiger partial charge in [0.15, 0.2) is 5.60 Å². The maximum Gasteiger partial charge on any atom is 0.317 e. The van der Waals surface area contributed by atoms with Crippen LogP contribution in [0.4, 0.5) is 8.78 Å². The SMILES string of the molecule is [B]Cc1cc(C[B])c(OC(=O)C23CC4CC(C2)CC(C(=O)OC(CF)(CF)CS(=O)(=O)O)(C4)C3)c(C[B])c1. The fraction of sp³-hybridized carbons (Fsp3) is 0.680. The Morgan fingerprint density at radius 3 is 1.87 bits per heavy atom. The zero-order valence-corrected chi connectivity index (χ0v) is 21.9. The Kier molecular flexibility index (Phi) is 8.12. The Morgan fingerprint density at radius 2 is 1.45 bits per heavy atom. The second-order valence-corrected chi connectivity index (χ2v) is 12.8. The number of hydrogen-bond donors (Lipinski definition) is 1. The Bertz CT molecular complexity index is 1170. The van der Waals surface area contributed by atoms with Crippen molar-refractivity contribution < 1.29 is 40.8 Å². The van der Waals surface area contributed by atoms with Gasteiger partial charge in [0.25, 0.3) is 10.1 Å². The molecular weight excluding hydrogens is 515 g/mol. The average Bonchev–Trinajstić information content (AvgIpc) is 2.86. The van der Waals surface area contributed by atoms with Crippen LogP contribution in [0, 0.1) is 22.7 Å². The molecule has 1 N–H and O–H groups in total. The zero-order chi connectivity index (χ0) is 27.9. The van der Waals surface area contributed by atoms with Gasteiger partial charge >= 0.3 is 11.9 Å². The van der Waals surface area contributed by atoms with E-state index in [1.54, 1.807) is 12.1 Å². The smallest absolute Gasteiger partial charge is 0.317 e. The number of rotatable bonds is 11. The van der Waals surface area contributed by atoms with Crippen molar-refractivity contribution in [2.75, 3.05) is 19.1 Å². The molecule has 2 unspecified atom stereocenters. The van der Waals surface area contributed by atoms with Gasteiger partial charge in [-0.2, -0.15) is 8.42 Å². The van der Waals surface area contributed by atoms with Crippen LogP contribution in [0.25, 0.3) is 0 Å². The maximum atomic E-state index is 13.8. The van der Waals surface area contributed by atoms with Crippen molar-refractivity contribution in [3.05, 3.63) is 28.8 Å². The number of ether oxygens (including phenoxy) is 2. The molecule has 0 spiro atoms. The largest absolute Gasteiger partial charge is 0.452 e. The highest BCUT2D eigenvalue weighted by Gasteiger charge is 2.65. The van der Waals surface area contributed by atoms with E-state index < -0.39 is 57.6 Å². The predicted molar refractivity (Wildman–Crippen MR) is 137 cm³/mol. The summed E-state index contributed by atoms with van der Waals surface area (Å²) in [6, 6.07) is 3.51. The molecule has 13 heteroatoms. The summed E-state index contributed by atoms with van der Waals surface area (Å²) in [5, 5.41) is 0. The van der Waals surface area contributed by atoms with Gasteiger partial charge in [-0.05, 0) is 61.5 Å². The van der Waals surface area contributed by atoms with Crippen LogP contribution in [0.5, 0.6) is 5.75 Å². The van der Waals surface area contributed by atoms with Crippen molar-refractivity contribution in [1.82, 2.24) is 0 Å². The van der Waals surface area contributed by atoms with E-state index in [-0.39, 0.29) is 43.0 Å². The molecular formula is C25H29B3F2O7S. The molecule has 1 aromatic rings. The molecule has 2 atom stereocenters. The van der Waals surface area contributed by atoms with E-state index in [1.165, 1.54) is 0 Å². The first-order valence-corrected chi connectivity index (χ1v) is 14.2. The number of esters is 2. The van der Waals surface area contributed by atoms with Crippen LogP contribution in [-0.4, -0.2) is 73.2 Å². The van der Waals surface area contributed by atoms with Gasteiger partial charge in [-0.3, -0.25) is 14.1 Å². The summed E-state index contributed by atoms with van der Waals surface area (Å²) >= 11 is 0. The Balaban J connectivity index is 1.64. The molecule has 4 bridgehead atoms. The number of alkyl halides is 2. The Labute approximate surface area is 225 Å². The van der Waals surface area contributed by atoms with E-state index in [1.807, 2.05) is 0 Å². The van der Waals surface area contributed by atoms with Gasteiger partial charge in [0.05, 0.1) is 34.4 Å². The van der Waals surface area contributed by atoms with Crippen LogP contribution in [0.15, 0.2) is 12.1 Å². The molecule has 6 radical (unpaired) electrons. The third-order valence-electron chi connectivity index (χ3n) is 8.34. The summed E-state index contributed by atoms with van der Waals surface area (Å²) < 4.78 is 70.8. The molecule has 7 nitrogen and oxygen atoms in total. The van der Waals surface area contributed by atoms with Crippen LogP contribution in [-0.2, 0) is 43.4 Å². The lowest BCUT2D eigenvalue weighted by Crippen LogP contribution is -2.60. The lowest BCUT2D eigenvalue weighted by molar-refractivity contribution is -0.200. The molecule has 0 amide bonds. The molecule has 4 aliphatic carbocycles. The molecule has 0 aromatic heterocycles. The number of carbonyl (C=O) groups is 2. The normalized spacial score (nSPS) is 28.3. The van der Waals surface area contributed by atoms with E-state index in [0.717, 1.165) is 12.0 Å². The highest BCUT2D eigenvalue weighted by molar-refractivity contribution is 7.85. The van der Waals surface area contributed by atoms with E-state index >= 15 is 0 Å². The minimum absolute atomic E-state index is 0.0225. The summed E-state index contributed by atoms with van der Waals surface area (Å²) in [5.74, 6) is -2.67. The highest BCUT2D eigenvalue weighted by Crippen LogP contribution is 2.66. The number of carbonyl (C=O) groups excluding carboxylic acids is 2. The Morgan fingerprint density at radius 1 is 0.947 bits per heavy atom. The molecule has 0 heterocycles. The van der Waals surface area contributed by atoms with Crippen LogP contribution in [0.3, 0.4) is 0 Å². The van der Waals surface area contributed by atoms with Gasteiger partial charge < -0.3 is 9.47 Å². The molecule has 4 fully saturated rings. The lowest BCUT2D eigenvalue weighted by Gasteiger charge is -2.59. The number of benzene rings is 1. The third-order valence-corrected chi connectivity index (χ3v) is 9.23.